The van der Waals surface area contributed by atoms with Gasteiger partial charge in [0.2, 0.25) is 0 Å². The molecule has 8 aromatic rings. The number of carbonyl (C=O) groups excluding carboxylic acids is 1. The van der Waals surface area contributed by atoms with Crippen LogP contribution in [0.5, 0.6) is 0 Å². The first-order valence-electron chi connectivity index (χ1n) is 17.9. The zero-order valence-electron chi connectivity index (χ0n) is 30.1. The second-order valence-electron chi connectivity index (χ2n) is 13.1. The molecule has 7 heteroatoms. The first-order chi connectivity index (χ1) is 24.9. The molecule has 0 spiro atoms. The SMILES string of the molecule is CCC(CC)C(=O)/C=C(\O)C(CC)CC.Cc1c(-c2ccnc(-c3[c-]c4oc5ccccc5c4c4c3oc3ccccc34)c2)sc2ccccc12.[Ir]. The summed E-state index contributed by atoms with van der Waals surface area (Å²) < 4.78 is 14.1. The minimum Gasteiger partial charge on any atom is -0.512 e. The normalized spacial score (nSPS) is 11.9. The Balaban J connectivity index is 0.000000250. The first-order valence-corrected chi connectivity index (χ1v) is 18.7. The summed E-state index contributed by atoms with van der Waals surface area (Å²) in [5.74, 6) is 0.547. The molecule has 4 aromatic carbocycles. The number of hydrogen-bond acceptors (Lipinski definition) is 6. The van der Waals surface area contributed by atoms with Crippen molar-refractivity contribution in [2.24, 2.45) is 11.8 Å². The number of aliphatic hydroxyl groups excluding tert-OH is 1. The summed E-state index contributed by atoms with van der Waals surface area (Å²) >= 11 is 1.81. The van der Waals surface area contributed by atoms with Crippen molar-refractivity contribution in [2.75, 3.05) is 0 Å². The van der Waals surface area contributed by atoms with Gasteiger partial charge in [-0.3, -0.25) is 4.79 Å². The van der Waals surface area contributed by atoms with E-state index in [1.807, 2.05) is 81.6 Å². The van der Waals surface area contributed by atoms with E-state index in [2.05, 4.69) is 61.5 Å². The smallest absolute Gasteiger partial charge is 0.162 e. The number of furan rings is 2. The van der Waals surface area contributed by atoms with Crippen LogP contribution in [0.2, 0.25) is 0 Å². The summed E-state index contributed by atoms with van der Waals surface area (Å²) in [6.45, 7) is 10.3. The van der Waals surface area contributed by atoms with Crippen LogP contribution in [-0.2, 0) is 24.9 Å². The molecule has 8 rings (SSSR count). The summed E-state index contributed by atoms with van der Waals surface area (Å²) in [7, 11) is 0. The second-order valence-corrected chi connectivity index (χ2v) is 14.1. The Kier molecular flexibility index (Phi) is 11.4. The number of pyridine rings is 1. The molecule has 0 atom stereocenters. The van der Waals surface area contributed by atoms with Gasteiger partial charge in [0.15, 0.2) is 5.78 Å². The number of rotatable bonds is 9. The predicted octanol–water partition coefficient (Wildman–Crippen LogP) is 13.4. The summed E-state index contributed by atoms with van der Waals surface area (Å²) in [5, 5.41) is 15.3. The molecule has 0 saturated carbocycles. The number of thiophene rings is 1. The minimum atomic E-state index is 0. The third-order valence-electron chi connectivity index (χ3n) is 10.1. The van der Waals surface area contributed by atoms with Crippen molar-refractivity contribution in [2.45, 2.75) is 60.3 Å². The molecule has 0 saturated heterocycles. The molecule has 1 radical (unpaired) electrons. The number of carbonyl (C=O) groups is 1. The van der Waals surface area contributed by atoms with Crippen LogP contribution in [0.4, 0.5) is 0 Å². The maximum atomic E-state index is 11.7. The number of nitrogens with zero attached hydrogens (tertiary/aromatic N) is 1. The van der Waals surface area contributed by atoms with Crippen LogP contribution in [0.3, 0.4) is 0 Å². The Morgan fingerprint density at radius 3 is 2.06 bits per heavy atom. The van der Waals surface area contributed by atoms with Crippen molar-refractivity contribution in [3.8, 4) is 21.7 Å². The third kappa shape index (κ3) is 6.86. The Morgan fingerprint density at radius 2 is 1.40 bits per heavy atom. The number of ketones is 1. The number of hydrogen-bond donors (Lipinski definition) is 1. The fourth-order valence-electron chi connectivity index (χ4n) is 7.14. The molecule has 0 bridgehead atoms. The van der Waals surface area contributed by atoms with Gasteiger partial charge < -0.3 is 18.9 Å². The standard InChI is InChI=1S/C32H18NO2S.C13H24O2.Ir/c1-18-20-8-4-7-13-28(20)36-32(18)19-14-15-33-24(16-19)23-17-27-29(21-9-2-5-11-25(21)34-27)30-22-10-3-6-12-26(22)35-31(23)30;1-5-10(6-2)12(14)9-13(15)11(7-3)8-4;/h2-16H,1H3;9-11,14H,5-8H2,1-4H3;/q-1;;/b;12-9-;. The van der Waals surface area contributed by atoms with Crippen molar-refractivity contribution in [3.63, 3.8) is 0 Å². The van der Waals surface area contributed by atoms with Gasteiger partial charge in [-0.05, 0) is 95.2 Å². The zero-order chi connectivity index (χ0) is 35.6. The first kappa shape index (κ1) is 37.2. The molecule has 0 aliphatic rings. The van der Waals surface area contributed by atoms with E-state index in [0.29, 0.717) is 0 Å². The molecule has 52 heavy (non-hydrogen) atoms. The Hall–Kier alpha value is -4.55. The van der Waals surface area contributed by atoms with Crippen molar-refractivity contribution >= 4 is 71.1 Å². The maximum absolute atomic E-state index is 11.7. The molecular weight excluding hydrogens is 843 g/mol. The average molecular weight is 885 g/mol. The molecule has 0 aliphatic carbocycles. The van der Waals surface area contributed by atoms with Gasteiger partial charge in [0.05, 0.1) is 16.9 Å². The van der Waals surface area contributed by atoms with Crippen LogP contribution >= 0.6 is 11.3 Å². The third-order valence-corrected chi connectivity index (χ3v) is 11.4. The number of allylic oxidation sites excluding steroid dienone is 2. The van der Waals surface area contributed by atoms with Gasteiger partial charge >= 0.3 is 0 Å². The van der Waals surface area contributed by atoms with E-state index in [0.717, 1.165) is 86.4 Å². The molecule has 5 nitrogen and oxygen atoms in total. The largest absolute Gasteiger partial charge is 0.512 e. The fraction of sp³-hybridized carbons (Fsp3) is 0.244. The van der Waals surface area contributed by atoms with Crippen molar-refractivity contribution in [1.82, 2.24) is 4.98 Å². The van der Waals surface area contributed by atoms with E-state index in [1.165, 1.54) is 26.6 Å². The van der Waals surface area contributed by atoms with Gasteiger partial charge in [-0.2, -0.15) is 0 Å². The summed E-state index contributed by atoms with van der Waals surface area (Å²) in [6, 6.07) is 32.6. The van der Waals surface area contributed by atoms with Gasteiger partial charge in [-0.15, -0.1) is 11.3 Å². The van der Waals surface area contributed by atoms with Gasteiger partial charge in [0.1, 0.15) is 11.2 Å². The second kappa shape index (κ2) is 16.0. The molecule has 267 valence electrons. The number of aromatic nitrogens is 1. The van der Waals surface area contributed by atoms with Crippen LogP contribution in [0.25, 0.3) is 75.7 Å². The van der Waals surface area contributed by atoms with Gasteiger partial charge in [-0.25, -0.2) is 0 Å². The van der Waals surface area contributed by atoms with Gasteiger partial charge in [0, 0.05) is 59.2 Å². The van der Waals surface area contributed by atoms with Crippen LogP contribution in [0.15, 0.2) is 112 Å². The average Bonchev–Trinajstić information content (AvgIpc) is 3.83. The molecule has 4 aromatic heterocycles. The van der Waals surface area contributed by atoms with Gasteiger partial charge in [0.25, 0.3) is 0 Å². The number of fused-ring (bicyclic) bond motifs is 8. The van der Waals surface area contributed by atoms with Gasteiger partial charge in [-0.1, -0.05) is 100.0 Å². The van der Waals surface area contributed by atoms with Crippen LogP contribution in [0, 0.1) is 24.8 Å². The van der Waals surface area contributed by atoms with Crippen LogP contribution < -0.4 is 0 Å². The fourth-order valence-corrected chi connectivity index (χ4v) is 8.35. The number of aliphatic hydroxyl groups is 1. The van der Waals surface area contributed by atoms with Crippen molar-refractivity contribution in [3.05, 3.63) is 115 Å². The Bertz CT molecular complexity index is 2550. The van der Waals surface area contributed by atoms with E-state index >= 15 is 0 Å². The Morgan fingerprint density at radius 1 is 0.808 bits per heavy atom. The predicted molar refractivity (Wildman–Crippen MR) is 212 cm³/mol. The minimum absolute atomic E-state index is 0. The van der Waals surface area contributed by atoms with Crippen molar-refractivity contribution < 1.29 is 38.8 Å². The summed E-state index contributed by atoms with van der Waals surface area (Å²) in [6.07, 6.45) is 6.78. The number of para-hydroxylation sites is 2. The molecule has 0 fully saturated rings. The maximum Gasteiger partial charge on any atom is 0.162 e. The molecular formula is C45H42IrNO4S-. The topological polar surface area (TPSA) is 76.5 Å². The molecule has 0 aliphatic heterocycles. The Labute approximate surface area is 321 Å². The van der Waals surface area contributed by atoms with E-state index in [9.17, 15) is 9.90 Å². The summed E-state index contributed by atoms with van der Waals surface area (Å²) in [4.78, 5) is 17.7. The van der Waals surface area contributed by atoms with E-state index in [4.69, 9.17) is 13.8 Å². The van der Waals surface area contributed by atoms with E-state index < -0.39 is 0 Å². The quantitative estimate of drug-likeness (QED) is 0.0888. The van der Waals surface area contributed by atoms with Crippen molar-refractivity contribution in [1.29, 1.82) is 0 Å². The van der Waals surface area contributed by atoms with E-state index in [1.54, 1.807) is 0 Å². The van der Waals surface area contributed by atoms with E-state index in [-0.39, 0.29) is 43.5 Å². The number of aryl methyl sites for hydroxylation is 1. The number of benzene rings is 4. The summed E-state index contributed by atoms with van der Waals surface area (Å²) in [5.41, 5.74) is 7.25. The zero-order valence-corrected chi connectivity index (χ0v) is 33.3. The molecule has 0 unspecified atom stereocenters. The molecule has 1 N–H and O–H groups in total. The van der Waals surface area contributed by atoms with Crippen LogP contribution in [0.1, 0.15) is 58.9 Å². The molecule has 4 heterocycles. The van der Waals surface area contributed by atoms with Crippen LogP contribution in [-0.4, -0.2) is 15.9 Å². The molecule has 0 amide bonds. The monoisotopic (exact) mass is 885 g/mol.